The van der Waals surface area contributed by atoms with E-state index in [4.69, 9.17) is 9.47 Å². The Hall–Kier alpha value is -5.68. The monoisotopic (exact) mass is 933 g/mol. The quantitative estimate of drug-likeness (QED) is 0.117. The van der Waals surface area contributed by atoms with E-state index in [-0.39, 0.29) is 38.9 Å². The minimum absolute atomic E-state index is 0.0146. The Labute approximate surface area is 370 Å². The van der Waals surface area contributed by atoms with E-state index in [9.17, 15) is 55.3 Å². The molecular formula is C41H52FN7O13S2. The molecule has 2 aromatic carbocycles. The molecule has 2 aromatic rings. The molecule has 4 aliphatic rings. The number of para-hydroxylation sites is 1. The van der Waals surface area contributed by atoms with Gasteiger partial charge < -0.3 is 25.0 Å². The second-order valence-electron chi connectivity index (χ2n) is 17.3. The molecular weight excluding hydrogens is 882 g/mol. The summed E-state index contributed by atoms with van der Waals surface area (Å²) in [5.74, 6) is -4.11. The fourth-order valence-corrected chi connectivity index (χ4v) is 10.9. The standard InChI is InChI=1S/C41H52FN7O13S2/c1-6-18-47(64(59,60)34-14-9-8-13-32(34)49(55)56)19-17-31(43-38(53)62-40(3,4)5)36(51)48-23-27(61-39(54)46-22-25-11-10-12-30(42)29(25)24-46)20-33(48)35(50)44-41(21-26(41)7-2)37(52)45-63(57,58)28-15-16-28/h7-14,26-28,31,33H,2,6,15-24H2,1,3-5H3,(H,43,53)(H,44,50)(H,45,52)/t26-,27-,31+,33?,41-/m1/s1. The molecule has 3 fully saturated rings. The Morgan fingerprint density at radius 1 is 1.06 bits per heavy atom. The summed E-state index contributed by atoms with van der Waals surface area (Å²) in [6.45, 7) is 8.90. The summed E-state index contributed by atoms with van der Waals surface area (Å²) in [6.07, 6.45) is -1.63. The summed E-state index contributed by atoms with van der Waals surface area (Å²) in [6, 6.07) is 6.02. The van der Waals surface area contributed by atoms with Gasteiger partial charge in [0.2, 0.25) is 31.9 Å². The minimum atomic E-state index is -4.57. The zero-order valence-electron chi connectivity index (χ0n) is 35.8. The van der Waals surface area contributed by atoms with Gasteiger partial charge in [0, 0.05) is 43.6 Å². The molecule has 0 radical (unpaired) electrons. The van der Waals surface area contributed by atoms with Crippen LogP contribution >= 0.6 is 0 Å². The lowest BCUT2D eigenvalue weighted by molar-refractivity contribution is -0.387. The fourth-order valence-electron chi connectivity index (χ4n) is 7.87. The van der Waals surface area contributed by atoms with Crippen molar-refractivity contribution in [1.82, 2.24) is 29.5 Å². The highest BCUT2D eigenvalue weighted by Gasteiger charge is 2.62. The van der Waals surface area contributed by atoms with Crippen molar-refractivity contribution in [2.45, 2.75) is 119 Å². The SMILES string of the molecule is C=C[C@@H]1C[C@]1(NC(=O)C1C[C@@H](OC(=O)N2Cc3cccc(F)c3C2)CN1C(=O)[C@H](CCN(CCC)S(=O)(=O)c1ccccc1[N+](=O)[O-])NC(=O)OC(C)(C)C)C(=O)NS(=O)(=O)C1CC1. The van der Waals surface area contributed by atoms with Gasteiger partial charge in [0.25, 0.3) is 11.6 Å². The van der Waals surface area contributed by atoms with Crippen LogP contribution in [-0.2, 0) is 57.0 Å². The number of amides is 5. The first-order valence-corrected chi connectivity index (χ1v) is 23.8. The number of nitrogens with zero attached hydrogens (tertiary/aromatic N) is 4. The summed E-state index contributed by atoms with van der Waals surface area (Å²) in [7, 11) is -8.62. The zero-order chi connectivity index (χ0) is 46.9. The number of hydrogen-bond donors (Lipinski definition) is 3. The number of likely N-dealkylation sites (tertiary alicyclic amines) is 1. The van der Waals surface area contributed by atoms with E-state index in [1.54, 1.807) is 33.8 Å². The summed E-state index contributed by atoms with van der Waals surface area (Å²) >= 11 is 0. The Morgan fingerprint density at radius 2 is 1.77 bits per heavy atom. The van der Waals surface area contributed by atoms with Crippen LogP contribution in [0.5, 0.6) is 0 Å². The Balaban J connectivity index is 1.30. The molecule has 3 N–H and O–H groups in total. The van der Waals surface area contributed by atoms with Gasteiger partial charge in [0.1, 0.15) is 35.1 Å². The number of nitro benzene ring substituents is 1. The van der Waals surface area contributed by atoms with Gasteiger partial charge >= 0.3 is 12.2 Å². The van der Waals surface area contributed by atoms with Gasteiger partial charge in [-0.3, -0.25) is 34.1 Å². The number of fused-ring (bicyclic) bond motifs is 1. The van der Waals surface area contributed by atoms with Crippen LogP contribution in [0.15, 0.2) is 60.0 Å². The van der Waals surface area contributed by atoms with Gasteiger partial charge in [-0.2, -0.15) is 4.31 Å². The number of nitrogens with one attached hydrogen (secondary N) is 3. The number of halogens is 1. The van der Waals surface area contributed by atoms with Gasteiger partial charge in [-0.1, -0.05) is 37.3 Å². The Bertz CT molecular complexity index is 2440. The average molecular weight is 934 g/mol. The van der Waals surface area contributed by atoms with Crippen LogP contribution in [0, 0.1) is 21.8 Å². The number of rotatable bonds is 17. The summed E-state index contributed by atoms with van der Waals surface area (Å²) in [5, 5.41) is 16.2. The summed E-state index contributed by atoms with van der Waals surface area (Å²) in [5.41, 5.74) is -2.65. The molecule has 6 rings (SSSR count). The molecule has 1 saturated heterocycles. The third-order valence-electron chi connectivity index (χ3n) is 11.4. The van der Waals surface area contributed by atoms with E-state index < -0.39 is 131 Å². The van der Waals surface area contributed by atoms with Gasteiger partial charge in [-0.15, -0.1) is 6.58 Å². The topological polar surface area (TPSA) is 261 Å². The predicted octanol–water partition coefficient (Wildman–Crippen LogP) is 3.21. The minimum Gasteiger partial charge on any atom is -0.444 e. The van der Waals surface area contributed by atoms with E-state index in [0.717, 1.165) is 21.3 Å². The van der Waals surface area contributed by atoms with Crippen LogP contribution in [0.1, 0.15) is 77.3 Å². The van der Waals surface area contributed by atoms with Crippen molar-refractivity contribution >= 4 is 55.6 Å². The number of benzene rings is 2. The molecule has 2 aliphatic heterocycles. The van der Waals surface area contributed by atoms with Crippen LogP contribution in [0.25, 0.3) is 0 Å². The van der Waals surface area contributed by atoms with Crippen LogP contribution in [0.3, 0.4) is 0 Å². The molecule has 2 saturated carbocycles. The number of alkyl carbamates (subject to hydrolysis) is 1. The molecule has 5 amide bonds. The Morgan fingerprint density at radius 3 is 2.38 bits per heavy atom. The maximum atomic E-state index is 14.8. The maximum Gasteiger partial charge on any atom is 0.410 e. The predicted molar refractivity (Wildman–Crippen MR) is 225 cm³/mol. The molecule has 64 heavy (non-hydrogen) atoms. The van der Waals surface area contributed by atoms with E-state index >= 15 is 0 Å². The van der Waals surface area contributed by atoms with Gasteiger partial charge in [0.15, 0.2) is 4.90 Å². The fraction of sp³-hybridized carbons (Fsp3) is 0.537. The highest BCUT2D eigenvalue weighted by Crippen LogP contribution is 2.45. The van der Waals surface area contributed by atoms with Crippen molar-refractivity contribution < 1.29 is 59.6 Å². The molecule has 348 valence electrons. The van der Waals surface area contributed by atoms with E-state index in [1.165, 1.54) is 35.2 Å². The van der Waals surface area contributed by atoms with Crippen molar-refractivity contribution in [3.05, 3.63) is 82.2 Å². The van der Waals surface area contributed by atoms with Crippen molar-refractivity contribution in [3.8, 4) is 0 Å². The molecule has 0 bridgehead atoms. The smallest absolute Gasteiger partial charge is 0.410 e. The van der Waals surface area contributed by atoms with Crippen LogP contribution < -0.4 is 15.4 Å². The van der Waals surface area contributed by atoms with Gasteiger partial charge in [-0.25, -0.2) is 30.8 Å². The highest BCUT2D eigenvalue weighted by atomic mass is 32.2. The first-order chi connectivity index (χ1) is 30.0. The van der Waals surface area contributed by atoms with Crippen molar-refractivity contribution in [2.75, 3.05) is 19.6 Å². The lowest BCUT2D eigenvalue weighted by Gasteiger charge is -2.31. The molecule has 20 nitrogen and oxygen atoms in total. The first kappa shape index (κ1) is 47.8. The normalized spacial score (nSPS) is 22.2. The highest BCUT2D eigenvalue weighted by molar-refractivity contribution is 7.91. The van der Waals surface area contributed by atoms with E-state index in [2.05, 4.69) is 21.9 Å². The largest absolute Gasteiger partial charge is 0.444 e. The van der Waals surface area contributed by atoms with Crippen LogP contribution in [0.4, 0.5) is 19.7 Å². The Kier molecular flexibility index (Phi) is 13.8. The zero-order valence-corrected chi connectivity index (χ0v) is 37.4. The van der Waals surface area contributed by atoms with Crippen LogP contribution in [-0.4, -0.2) is 120 Å². The van der Waals surface area contributed by atoms with Crippen molar-refractivity contribution in [3.63, 3.8) is 0 Å². The van der Waals surface area contributed by atoms with E-state index in [0.29, 0.717) is 24.0 Å². The second-order valence-corrected chi connectivity index (χ2v) is 21.1. The third kappa shape index (κ3) is 10.5. The number of carbonyl (C=O) groups is 5. The second kappa shape index (κ2) is 18.4. The lowest BCUT2D eigenvalue weighted by Crippen LogP contribution is -2.58. The van der Waals surface area contributed by atoms with Gasteiger partial charge in [0.05, 0.1) is 23.3 Å². The van der Waals surface area contributed by atoms with Crippen LogP contribution in [0.2, 0.25) is 0 Å². The summed E-state index contributed by atoms with van der Waals surface area (Å²) < 4.78 is 82.3. The molecule has 1 unspecified atom stereocenters. The van der Waals surface area contributed by atoms with E-state index in [1.807, 2.05) is 0 Å². The average Bonchev–Trinajstić information content (AvgIpc) is 4.11. The molecule has 0 aromatic heterocycles. The maximum absolute atomic E-state index is 14.8. The number of nitro groups is 1. The molecule has 5 atom stereocenters. The molecule has 23 heteroatoms. The number of hydrogen-bond acceptors (Lipinski definition) is 13. The number of carbonyl (C=O) groups excluding carboxylic acids is 5. The van der Waals surface area contributed by atoms with Crippen molar-refractivity contribution in [2.24, 2.45) is 5.92 Å². The number of ether oxygens (including phenoxy) is 2. The van der Waals surface area contributed by atoms with Crippen molar-refractivity contribution in [1.29, 1.82) is 0 Å². The third-order valence-corrected chi connectivity index (χ3v) is 15.1. The lowest BCUT2D eigenvalue weighted by atomic mass is 10.1. The molecule has 2 aliphatic carbocycles. The first-order valence-electron chi connectivity index (χ1n) is 20.8. The number of sulfonamides is 2. The molecule has 0 spiro atoms. The molecule has 2 heterocycles. The summed E-state index contributed by atoms with van der Waals surface area (Å²) in [4.78, 5) is 82.3. The van der Waals surface area contributed by atoms with Gasteiger partial charge in [-0.05, 0) is 70.6 Å².